The number of nitrogens with one attached hydrogen (secondary N) is 1. The highest BCUT2D eigenvalue weighted by atomic mass is 32.1. The van der Waals surface area contributed by atoms with Gasteiger partial charge in [0, 0.05) is 23.2 Å². The van der Waals surface area contributed by atoms with Crippen LogP contribution in [0.2, 0.25) is 0 Å². The quantitative estimate of drug-likeness (QED) is 0.441. The number of nitrogens with zero attached hydrogens (tertiary/aromatic N) is 1. The summed E-state index contributed by atoms with van der Waals surface area (Å²) in [6, 6.07) is 19.8. The molecule has 0 bridgehead atoms. The largest absolute Gasteiger partial charge is 0.508 e. The molecule has 30 heavy (non-hydrogen) atoms. The second-order valence-electron chi connectivity index (χ2n) is 7.01. The Morgan fingerprint density at radius 2 is 1.80 bits per heavy atom. The lowest BCUT2D eigenvalue weighted by molar-refractivity contribution is 0.0953. The molecular weight excluding hydrogens is 396 g/mol. The van der Waals surface area contributed by atoms with E-state index < -0.39 is 0 Å². The van der Waals surface area contributed by atoms with E-state index in [1.165, 1.54) is 11.3 Å². The van der Waals surface area contributed by atoms with Crippen molar-refractivity contribution in [2.24, 2.45) is 0 Å². The summed E-state index contributed by atoms with van der Waals surface area (Å²) in [6.45, 7) is 2.05. The van der Waals surface area contributed by atoms with Crippen LogP contribution in [-0.4, -0.2) is 28.3 Å². The zero-order chi connectivity index (χ0) is 21.1. The molecule has 0 atom stereocenters. The molecule has 0 aliphatic rings. The maximum Gasteiger partial charge on any atom is 0.251 e. The molecule has 1 amide bonds. The van der Waals surface area contributed by atoms with Gasteiger partial charge in [-0.15, -0.1) is 11.3 Å². The van der Waals surface area contributed by atoms with Gasteiger partial charge < -0.3 is 10.4 Å². The van der Waals surface area contributed by atoms with Crippen molar-refractivity contribution in [3.63, 3.8) is 0 Å². The third-order valence-electron chi connectivity index (χ3n) is 4.80. The number of aromatic hydroxyl groups is 1. The molecule has 4 rings (SSSR count). The first kappa shape index (κ1) is 19.8. The summed E-state index contributed by atoms with van der Waals surface area (Å²) in [7, 11) is 0. The van der Waals surface area contributed by atoms with Gasteiger partial charge in [0.1, 0.15) is 10.8 Å². The molecule has 0 aliphatic carbocycles. The fraction of sp³-hybridized carbons (Fsp3) is 0.125. The standard InChI is InChI=1S/C24H20N2O3S/c1-15(27)17-3-2-4-19(13-17)24-26-21-10-7-18(14-22(21)30-24)23(29)25-12-11-16-5-8-20(28)9-6-16/h2-10,13-14,28H,11-12H2,1H3,(H,25,29). The highest BCUT2D eigenvalue weighted by Gasteiger charge is 2.11. The molecular formula is C24H20N2O3S. The summed E-state index contributed by atoms with van der Waals surface area (Å²) in [5, 5.41) is 13.1. The number of hydrogen-bond acceptors (Lipinski definition) is 5. The number of benzene rings is 3. The Hall–Kier alpha value is -3.51. The number of phenols is 1. The zero-order valence-corrected chi connectivity index (χ0v) is 17.2. The summed E-state index contributed by atoms with van der Waals surface area (Å²) in [6.07, 6.45) is 0.686. The number of fused-ring (bicyclic) bond motifs is 1. The average Bonchev–Trinajstić information content (AvgIpc) is 3.18. The van der Waals surface area contributed by atoms with Gasteiger partial charge in [0.05, 0.1) is 10.2 Å². The van der Waals surface area contributed by atoms with Crippen LogP contribution in [0.15, 0.2) is 66.7 Å². The van der Waals surface area contributed by atoms with E-state index in [9.17, 15) is 14.7 Å². The average molecular weight is 417 g/mol. The van der Waals surface area contributed by atoms with Gasteiger partial charge in [-0.2, -0.15) is 0 Å². The number of ketones is 1. The molecule has 0 fully saturated rings. The third-order valence-corrected chi connectivity index (χ3v) is 5.87. The lowest BCUT2D eigenvalue weighted by atomic mass is 10.1. The van der Waals surface area contributed by atoms with Gasteiger partial charge in [-0.3, -0.25) is 9.59 Å². The van der Waals surface area contributed by atoms with Crippen molar-refractivity contribution >= 4 is 33.2 Å². The van der Waals surface area contributed by atoms with E-state index in [1.807, 2.05) is 42.5 Å². The van der Waals surface area contributed by atoms with Gasteiger partial charge in [-0.25, -0.2) is 4.98 Å². The van der Waals surface area contributed by atoms with E-state index in [0.717, 1.165) is 26.4 Å². The minimum Gasteiger partial charge on any atom is -0.508 e. The topological polar surface area (TPSA) is 79.3 Å². The lowest BCUT2D eigenvalue weighted by Gasteiger charge is -2.05. The minimum atomic E-state index is -0.135. The predicted molar refractivity (Wildman–Crippen MR) is 119 cm³/mol. The van der Waals surface area contributed by atoms with Gasteiger partial charge in [0.25, 0.3) is 5.91 Å². The molecule has 1 heterocycles. The second-order valence-corrected chi connectivity index (χ2v) is 8.04. The van der Waals surface area contributed by atoms with Crippen molar-refractivity contribution in [1.82, 2.24) is 10.3 Å². The smallest absolute Gasteiger partial charge is 0.251 e. The van der Waals surface area contributed by atoms with E-state index in [2.05, 4.69) is 10.3 Å². The number of thiazole rings is 1. The Morgan fingerprint density at radius 1 is 1.00 bits per heavy atom. The molecule has 150 valence electrons. The van der Waals surface area contributed by atoms with Crippen LogP contribution in [0.4, 0.5) is 0 Å². The number of amides is 1. The Bertz CT molecular complexity index is 1230. The van der Waals surface area contributed by atoms with Crippen LogP contribution in [0, 0.1) is 0 Å². The van der Waals surface area contributed by atoms with Gasteiger partial charge in [0.2, 0.25) is 0 Å². The number of aromatic nitrogens is 1. The Morgan fingerprint density at radius 3 is 2.57 bits per heavy atom. The summed E-state index contributed by atoms with van der Waals surface area (Å²) in [4.78, 5) is 28.8. The van der Waals surface area contributed by atoms with E-state index in [1.54, 1.807) is 31.2 Å². The Balaban J connectivity index is 1.48. The molecule has 0 saturated heterocycles. The monoisotopic (exact) mass is 416 g/mol. The normalized spacial score (nSPS) is 10.8. The van der Waals surface area contributed by atoms with Gasteiger partial charge >= 0.3 is 0 Å². The summed E-state index contributed by atoms with van der Waals surface area (Å²) < 4.78 is 0.921. The first-order valence-electron chi connectivity index (χ1n) is 9.58. The van der Waals surface area contributed by atoms with Crippen LogP contribution in [-0.2, 0) is 6.42 Å². The molecule has 0 aliphatic heterocycles. The van der Waals surface area contributed by atoms with Crippen LogP contribution >= 0.6 is 11.3 Å². The molecule has 0 unspecified atom stereocenters. The van der Waals surface area contributed by atoms with Crippen LogP contribution in [0.25, 0.3) is 20.8 Å². The first-order chi connectivity index (χ1) is 14.5. The fourth-order valence-corrected chi connectivity index (χ4v) is 4.15. The van der Waals surface area contributed by atoms with Crippen molar-refractivity contribution in [3.05, 3.63) is 83.4 Å². The van der Waals surface area contributed by atoms with Crippen molar-refractivity contribution in [2.75, 3.05) is 6.54 Å². The number of rotatable bonds is 6. The number of phenolic OH excluding ortho intramolecular Hbond substituents is 1. The third kappa shape index (κ3) is 4.39. The maximum absolute atomic E-state index is 12.5. The molecule has 1 aromatic heterocycles. The molecule has 3 aromatic carbocycles. The molecule has 2 N–H and O–H groups in total. The van der Waals surface area contributed by atoms with Crippen molar-refractivity contribution in [1.29, 1.82) is 0 Å². The zero-order valence-electron chi connectivity index (χ0n) is 16.4. The summed E-state index contributed by atoms with van der Waals surface area (Å²) in [5.41, 5.74) is 4.00. The van der Waals surface area contributed by atoms with Crippen molar-refractivity contribution in [3.8, 4) is 16.3 Å². The molecule has 0 saturated carbocycles. The Labute approximate surface area is 178 Å². The van der Waals surface area contributed by atoms with Crippen LogP contribution in [0.1, 0.15) is 33.2 Å². The summed E-state index contributed by atoms with van der Waals surface area (Å²) >= 11 is 1.50. The second kappa shape index (κ2) is 8.47. The van der Waals surface area contributed by atoms with E-state index in [0.29, 0.717) is 24.1 Å². The molecule has 6 heteroatoms. The van der Waals surface area contributed by atoms with Crippen LogP contribution in [0.3, 0.4) is 0 Å². The predicted octanol–water partition coefficient (Wildman–Crippen LogP) is 4.84. The molecule has 5 nitrogen and oxygen atoms in total. The van der Waals surface area contributed by atoms with Crippen LogP contribution < -0.4 is 5.32 Å². The highest BCUT2D eigenvalue weighted by molar-refractivity contribution is 7.21. The van der Waals surface area contributed by atoms with Gasteiger partial charge in [-0.05, 0) is 55.3 Å². The van der Waals surface area contributed by atoms with E-state index in [-0.39, 0.29) is 17.4 Å². The van der Waals surface area contributed by atoms with Crippen LogP contribution in [0.5, 0.6) is 5.75 Å². The maximum atomic E-state index is 12.5. The fourth-order valence-electron chi connectivity index (χ4n) is 3.15. The number of carbonyl (C=O) groups excluding carboxylic acids is 2. The number of Topliss-reactive ketones (excluding diaryl/α,β-unsaturated/α-hetero) is 1. The van der Waals surface area contributed by atoms with Crippen molar-refractivity contribution < 1.29 is 14.7 Å². The number of carbonyl (C=O) groups is 2. The molecule has 0 spiro atoms. The highest BCUT2D eigenvalue weighted by Crippen LogP contribution is 2.31. The molecule has 4 aromatic rings. The summed E-state index contributed by atoms with van der Waals surface area (Å²) in [5.74, 6) is 0.112. The van der Waals surface area contributed by atoms with Gasteiger partial charge in [-0.1, -0.05) is 30.3 Å². The SMILES string of the molecule is CC(=O)c1cccc(-c2nc3ccc(C(=O)NCCc4ccc(O)cc4)cc3s2)c1. The van der Waals surface area contributed by atoms with Gasteiger partial charge in [0.15, 0.2) is 5.78 Å². The molecule has 0 radical (unpaired) electrons. The van der Waals surface area contributed by atoms with Crippen molar-refractivity contribution in [2.45, 2.75) is 13.3 Å². The van der Waals surface area contributed by atoms with E-state index >= 15 is 0 Å². The Kier molecular flexibility index (Phi) is 5.59. The lowest BCUT2D eigenvalue weighted by Crippen LogP contribution is -2.25. The van der Waals surface area contributed by atoms with E-state index in [4.69, 9.17) is 0 Å². The first-order valence-corrected chi connectivity index (χ1v) is 10.4. The number of hydrogen-bond donors (Lipinski definition) is 2. The minimum absolute atomic E-state index is 0.0178.